The Morgan fingerprint density at radius 2 is 1.93 bits per heavy atom. The fourth-order valence-corrected chi connectivity index (χ4v) is 1.05. The Balaban J connectivity index is 3.92. The third kappa shape index (κ3) is 5.93. The van der Waals surface area contributed by atoms with Gasteiger partial charge in [-0.1, -0.05) is 6.92 Å². The summed E-state index contributed by atoms with van der Waals surface area (Å²) in [7, 11) is 1.30. The molecule has 0 aliphatic carbocycles. The number of hydrogen-bond acceptors (Lipinski definition) is 4. The Kier molecular flexibility index (Phi) is 6.49. The molecular formula is C10H19NO4. The van der Waals surface area contributed by atoms with Crippen LogP contribution in [0.25, 0.3) is 0 Å². The average molecular weight is 217 g/mol. The van der Waals surface area contributed by atoms with Crippen LogP contribution in [0.4, 0.5) is 4.79 Å². The van der Waals surface area contributed by atoms with Crippen LogP contribution in [0, 0.1) is 5.92 Å². The van der Waals surface area contributed by atoms with Gasteiger partial charge in [-0.25, -0.2) is 4.79 Å². The van der Waals surface area contributed by atoms with E-state index in [4.69, 9.17) is 4.74 Å². The molecule has 0 aromatic heterocycles. The van der Waals surface area contributed by atoms with Crippen molar-refractivity contribution in [2.24, 2.45) is 5.92 Å². The lowest BCUT2D eigenvalue weighted by Gasteiger charge is -2.19. The number of methoxy groups -OCH3 is 1. The smallest absolute Gasteiger partial charge is 0.407 e. The zero-order valence-electron chi connectivity index (χ0n) is 9.70. The molecule has 0 saturated heterocycles. The van der Waals surface area contributed by atoms with E-state index < -0.39 is 6.09 Å². The third-order valence-corrected chi connectivity index (χ3v) is 2.18. The lowest BCUT2D eigenvalue weighted by molar-refractivity contribution is -0.144. The van der Waals surface area contributed by atoms with Gasteiger partial charge in [-0.3, -0.25) is 4.79 Å². The van der Waals surface area contributed by atoms with E-state index in [1.165, 1.54) is 7.11 Å². The maximum Gasteiger partial charge on any atom is 0.407 e. The number of esters is 1. The summed E-state index contributed by atoms with van der Waals surface area (Å²) < 4.78 is 9.27. The molecule has 0 aliphatic heterocycles. The van der Waals surface area contributed by atoms with Gasteiger partial charge in [-0.15, -0.1) is 0 Å². The molecule has 5 heteroatoms. The van der Waals surface area contributed by atoms with Crippen LogP contribution in [-0.4, -0.2) is 31.8 Å². The lowest BCUT2D eigenvalue weighted by atomic mass is 10.0. The van der Waals surface area contributed by atoms with E-state index in [1.54, 1.807) is 6.92 Å². The molecule has 5 nitrogen and oxygen atoms in total. The van der Waals surface area contributed by atoms with Crippen molar-refractivity contribution in [3.05, 3.63) is 0 Å². The van der Waals surface area contributed by atoms with E-state index in [-0.39, 0.29) is 17.9 Å². The number of alkyl carbamates (subject to hydrolysis) is 1. The van der Waals surface area contributed by atoms with Gasteiger partial charge in [0.2, 0.25) is 0 Å². The van der Waals surface area contributed by atoms with Gasteiger partial charge in [-0.05, 0) is 19.8 Å². The van der Waals surface area contributed by atoms with Crippen molar-refractivity contribution >= 4 is 12.1 Å². The second-order valence-corrected chi connectivity index (χ2v) is 3.41. The molecule has 0 aromatic rings. The van der Waals surface area contributed by atoms with Crippen LogP contribution in [0.15, 0.2) is 0 Å². The minimum atomic E-state index is -0.488. The summed E-state index contributed by atoms with van der Waals surface area (Å²) in [6.45, 7) is 5.83. The molecule has 0 saturated carbocycles. The van der Waals surface area contributed by atoms with E-state index >= 15 is 0 Å². The standard InChI is InChI=1S/C10H19NO4/c1-5-15-9(12)6-7(2)8(3)11-10(13)14-4/h7-8H,5-6H2,1-4H3,(H,11,13). The minimum Gasteiger partial charge on any atom is -0.466 e. The second kappa shape index (κ2) is 7.09. The molecule has 0 rings (SSSR count). The van der Waals surface area contributed by atoms with Crippen LogP contribution >= 0.6 is 0 Å². The van der Waals surface area contributed by atoms with Crippen LogP contribution in [0.5, 0.6) is 0 Å². The summed E-state index contributed by atoms with van der Waals surface area (Å²) in [5.41, 5.74) is 0. The summed E-state index contributed by atoms with van der Waals surface area (Å²) in [5.74, 6) is -0.230. The van der Waals surface area contributed by atoms with E-state index in [0.29, 0.717) is 13.0 Å². The second-order valence-electron chi connectivity index (χ2n) is 3.41. The Morgan fingerprint density at radius 3 is 2.40 bits per heavy atom. The fraction of sp³-hybridized carbons (Fsp3) is 0.800. The first-order valence-electron chi connectivity index (χ1n) is 5.01. The van der Waals surface area contributed by atoms with Crippen molar-refractivity contribution in [3.8, 4) is 0 Å². The summed E-state index contributed by atoms with van der Waals surface area (Å²) >= 11 is 0. The number of rotatable bonds is 5. The average Bonchev–Trinajstić information content (AvgIpc) is 2.17. The topological polar surface area (TPSA) is 64.6 Å². The van der Waals surface area contributed by atoms with Crippen molar-refractivity contribution in [1.82, 2.24) is 5.32 Å². The lowest BCUT2D eigenvalue weighted by Crippen LogP contribution is -2.37. The van der Waals surface area contributed by atoms with Gasteiger partial charge in [0.15, 0.2) is 0 Å². The Labute approximate surface area is 90.1 Å². The van der Waals surface area contributed by atoms with Gasteiger partial charge in [0.05, 0.1) is 20.1 Å². The maximum absolute atomic E-state index is 11.1. The van der Waals surface area contributed by atoms with Gasteiger partial charge < -0.3 is 14.8 Å². The van der Waals surface area contributed by atoms with Crippen molar-refractivity contribution in [1.29, 1.82) is 0 Å². The molecule has 0 aliphatic rings. The first-order valence-corrected chi connectivity index (χ1v) is 5.01. The van der Waals surface area contributed by atoms with E-state index in [1.807, 2.05) is 13.8 Å². The van der Waals surface area contributed by atoms with E-state index in [2.05, 4.69) is 10.1 Å². The van der Waals surface area contributed by atoms with Crippen LogP contribution in [0.1, 0.15) is 27.2 Å². The monoisotopic (exact) mass is 217 g/mol. The Hall–Kier alpha value is -1.26. The molecule has 0 fully saturated rings. The first kappa shape index (κ1) is 13.7. The highest BCUT2D eigenvalue weighted by Crippen LogP contribution is 2.09. The predicted octanol–water partition coefficient (Wildman–Crippen LogP) is 1.32. The number of nitrogens with one attached hydrogen (secondary N) is 1. The zero-order chi connectivity index (χ0) is 11.8. The van der Waals surface area contributed by atoms with Crippen molar-refractivity contribution in [2.45, 2.75) is 33.2 Å². The quantitative estimate of drug-likeness (QED) is 0.705. The Bertz CT molecular complexity index is 217. The van der Waals surface area contributed by atoms with Crippen LogP contribution in [0.3, 0.4) is 0 Å². The summed E-state index contributed by atoms with van der Waals surface area (Å²) in [4.78, 5) is 22.0. The van der Waals surface area contributed by atoms with E-state index in [0.717, 1.165) is 0 Å². The number of ether oxygens (including phenoxy) is 2. The molecule has 0 bridgehead atoms. The minimum absolute atomic E-state index is 0.0168. The number of carbonyl (C=O) groups is 2. The number of hydrogen-bond donors (Lipinski definition) is 1. The van der Waals surface area contributed by atoms with Gasteiger partial charge in [-0.2, -0.15) is 0 Å². The molecule has 15 heavy (non-hydrogen) atoms. The molecule has 0 spiro atoms. The summed E-state index contributed by atoms with van der Waals surface area (Å²) in [6.07, 6.45) is -0.197. The molecule has 1 amide bonds. The molecule has 0 aromatic carbocycles. The normalized spacial score (nSPS) is 13.9. The number of carbonyl (C=O) groups excluding carboxylic acids is 2. The zero-order valence-corrected chi connectivity index (χ0v) is 9.70. The predicted molar refractivity (Wildman–Crippen MR) is 55.4 cm³/mol. The Morgan fingerprint density at radius 1 is 1.33 bits per heavy atom. The highest BCUT2D eigenvalue weighted by Gasteiger charge is 2.18. The molecule has 2 atom stereocenters. The third-order valence-electron chi connectivity index (χ3n) is 2.18. The molecular weight excluding hydrogens is 198 g/mol. The fourth-order valence-electron chi connectivity index (χ4n) is 1.05. The molecule has 0 heterocycles. The number of amides is 1. The molecule has 2 unspecified atom stereocenters. The summed E-state index contributed by atoms with van der Waals surface area (Å²) in [5, 5.41) is 2.61. The van der Waals surface area contributed by atoms with Crippen LogP contribution < -0.4 is 5.32 Å². The van der Waals surface area contributed by atoms with Crippen LogP contribution in [-0.2, 0) is 14.3 Å². The molecule has 1 N–H and O–H groups in total. The van der Waals surface area contributed by atoms with Crippen molar-refractivity contribution in [3.63, 3.8) is 0 Å². The highest BCUT2D eigenvalue weighted by atomic mass is 16.5. The van der Waals surface area contributed by atoms with Crippen molar-refractivity contribution < 1.29 is 19.1 Å². The SMILES string of the molecule is CCOC(=O)CC(C)C(C)NC(=O)OC. The van der Waals surface area contributed by atoms with Gasteiger partial charge in [0, 0.05) is 6.04 Å². The maximum atomic E-state index is 11.1. The summed E-state index contributed by atoms with van der Waals surface area (Å²) in [6, 6.07) is -0.123. The van der Waals surface area contributed by atoms with Gasteiger partial charge in [0.25, 0.3) is 0 Å². The van der Waals surface area contributed by atoms with Crippen molar-refractivity contribution in [2.75, 3.05) is 13.7 Å². The van der Waals surface area contributed by atoms with Crippen LogP contribution in [0.2, 0.25) is 0 Å². The van der Waals surface area contributed by atoms with E-state index in [9.17, 15) is 9.59 Å². The highest BCUT2D eigenvalue weighted by molar-refractivity contribution is 5.70. The molecule has 88 valence electrons. The first-order chi connectivity index (χ1) is 7.01. The van der Waals surface area contributed by atoms with Gasteiger partial charge >= 0.3 is 12.1 Å². The molecule has 0 radical (unpaired) electrons. The largest absolute Gasteiger partial charge is 0.466 e. The van der Waals surface area contributed by atoms with Gasteiger partial charge in [0.1, 0.15) is 0 Å².